The Morgan fingerprint density at radius 3 is 2.50 bits per heavy atom. The first-order valence-corrected chi connectivity index (χ1v) is 6.67. The van der Waals surface area contributed by atoms with E-state index < -0.39 is 4.92 Å². The Bertz CT molecular complexity index is 660. The molecule has 2 rings (SSSR count). The molecule has 4 nitrogen and oxygen atoms in total. The molecule has 2 aromatic rings. The van der Waals surface area contributed by atoms with Crippen molar-refractivity contribution < 1.29 is 4.92 Å². The van der Waals surface area contributed by atoms with E-state index in [0.717, 1.165) is 11.3 Å². The van der Waals surface area contributed by atoms with E-state index in [4.69, 9.17) is 23.2 Å². The number of halogens is 2. The summed E-state index contributed by atoms with van der Waals surface area (Å²) in [6, 6.07) is 10.1. The molecule has 0 radical (unpaired) electrons. The van der Waals surface area contributed by atoms with Gasteiger partial charge in [-0.2, -0.15) is 0 Å². The highest BCUT2D eigenvalue weighted by molar-refractivity contribution is 6.32. The van der Waals surface area contributed by atoms with Crippen molar-refractivity contribution in [2.75, 3.05) is 5.32 Å². The number of nitrogens with zero attached hydrogens (tertiary/aromatic N) is 1. The number of hydrogen-bond donors (Lipinski definition) is 1. The van der Waals surface area contributed by atoms with Gasteiger partial charge in [0.15, 0.2) is 0 Å². The van der Waals surface area contributed by atoms with Crippen LogP contribution >= 0.6 is 23.2 Å². The van der Waals surface area contributed by atoms with Gasteiger partial charge in [0.2, 0.25) is 0 Å². The average Bonchev–Trinajstić information content (AvgIpc) is 2.41. The SMILES string of the molecule is Cc1c(Cl)cccc1NCc1c(Cl)cccc1[N+](=O)[O-]. The lowest BCUT2D eigenvalue weighted by Gasteiger charge is -2.11. The van der Waals surface area contributed by atoms with Crippen molar-refractivity contribution in [2.45, 2.75) is 13.5 Å². The fourth-order valence-electron chi connectivity index (χ4n) is 1.88. The van der Waals surface area contributed by atoms with Crippen molar-refractivity contribution in [1.29, 1.82) is 0 Å². The normalized spacial score (nSPS) is 10.3. The Labute approximate surface area is 126 Å². The lowest BCUT2D eigenvalue weighted by Crippen LogP contribution is -2.05. The van der Waals surface area contributed by atoms with Crippen LogP contribution < -0.4 is 5.32 Å². The Balaban J connectivity index is 2.27. The van der Waals surface area contributed by atoms with Crippen molar-refractivity contribution in [1.82, 2.24) is 0 Å². The summed E-state index contributed by atoms with van der Waals surface area (Å²) in [7, 11) is 0. The topological polar surface area (TPSA) is 55.2 Å². The van der Waals surface area contributed by atoms with Gasteiger partial charge in [0.05, 0.1) is 15.5 Å². The van der Waals surface area contributed by atoms with Gasteiger partial charge in [0, 0.05) is 23.3 Å². The highest BCUT2D eigenvalue weighted by atomic mass is 35.5. The summed E-state index contributed by atoms with van der Waals surface area (Å²) in [5.74, 6) is 0. The van der Waals surface area contributed by atoms with E-state index in [1.165, 1.54) is 6.07 Å². The van der Waals surface area contributed by atoms with Crippen LogP contribution in [-0.2, 0) is 6.54 Å². The molecule has 1 N–H and O–H groups in total. The van der Waals surface area contributed by atoms with E-state index in [-0.39, 0.29) is 12.2 Å². The van der Waals surface area contributed by atoms with Crippen LogP contribution in [-0.4, -0.2) is 4.92 Å². The maximum atomic E-state index is 11.0. The molecular weight excluding hydrogens is 299 g/mol. The van der Waals surface area contributed by atoms with E-state index in [9.17, 15) is 10.1 Å². The van der Waals surface area contributed by atoms with Gasteiger partial charge in [-0.3, -0.25) is 10.1 Å². The number of nitrogens with one attached hydrogen (secondary N) is 1. The summed E-state index contributed by atoms with van der Waals surface area (Å²) >= 11 is 12.1. The molecular formula is C14H12Cl2N2O2. The first-order valence-electron chi connectivity index (χ1n) is 5.91. The minimum atomic E-state index is -0.437. The second kappa shape index (κ2) is 6.11. The largest absolute Gasteiger partial charge is 0.380 e. The third-order valence-electron chi connectivity index (χ3n) is 3.01. The first-order chi connectivity index (χ1) is 9.50. The van der Waals surface area contributed by atoms with Crippen LogP contribution in [0.25, 0.3) is 0 Å². The van der Waals surface area contributed by atoms with Gasteiger partial charge in [-0.15, -0.1) is 0 Å². The second-order valence-corrected chi connectivity index (χ2v) is 5.07. The predicted octanol–water partition coefficient (Wildman–Crippen LogP) is 4.82. The fraction of sp³-hybridized carbons (Fsp3) is 0.143. The van der Waals surface area contributed by atoms with E-state index in [1.807, 2.05) is 19.1 Å². The summed E-state index contributed by atoms with van der Waals surface area (Å²) in [5.41, 5.74) is 2.18. The smallest absolute Gasteiger partial charge is 0.275 e. The van der Waals surface area contributed by atoms with Crippen LogP contribution in [0.4, 0.5) is 11.4 Å². The van der Waals surface area contributed by atoms with E-state index in [2.05, 4.69) is 5.32 Å². The number of benzene rings is 2. The number of nitro benzene ring substituents is 1. The van der Waals surface area contributed by atoms with Gasteiger partial charge in [0.1, 0.15) is 0 Å². The predicted molar refractivity (Wildman–Crippen MR) is 81.6 cm³/mol. The number of rotatable bonds is 4. The molecule has 0 unspecified atom stereocenters. The van der Waals surface area contributed by atoms with Gasteiger partial charge in [-0.05, 0) is 30.7 Å². The van der Waals surface area contributed by atoms with Crippen LogP contribution in [0.1, 0.15) is 11.1 Å². The quantitative estimate of drug-likeness (QED) is 0.650. The minimum absolute atomic E-state index is 0.00433. The number of nitro groups is 1. The highest BCUT2D eigenvalue weighted by Gasteiger charge is 2.16. The minimum Gasteiger partial charge on any atom is -0.380 e. The molecule has 0 fully saturated rings. The van der Waals surface area contributed by atoms with Gasteiger partial charge in [0.25, 0.3) is 5.69 Å². The Morgan fingerprint density at radius 1 is 1.15 bits per heavy atom. The summed E-state index contributed by atoms with van der Waals surface area (Å²) in [6.07, 6.45) is 0. The second-order valence-electron chi connectivity index (χ2n) is 4.26. The molecule has 0 amide bonds. The lowest BCUT2D eigenvalue weighted by atomic mass is 10.1. The molecule has 0 bridgehead atoms. The van der Waals surface area contributed by atoms with Crippen molar-refractivity contribution in [2.24, 2.45) is 0 Å². The molecule has 0 heterocycles. The van der Waals surface area contributed by atoms with E-state index in [0.29, 0.717) is 15.6 Å². The van der Waals surface area contributed by atoms with Crippen molar-refractivity contribution in [3.63, 3.8) is 0 Å². The number of hydrogen-bond acceptors (Lipinski definition) is 3. The third-order valence-corrected chi connectivity index (χ3v) is 3.78. The van der Waals surface area contributed by atoms with Crippen molar-refractivity contribution in [3.8, 4) is 0 Å². The van der Waals surface area contributed by atoms with Gasteiger partial charge < -0.3 is 5.32 Å². The van der Waals surface area contributed by atoms with Gasteiger partial charge >= 0.3 is 0 Å². The Kier molecular flexibility index (Phi) is 4.47. The molecule has 2 aromatic carbocycles. The summed E-state index contributed by atoms with van der Waals surface area (Å²) in [5, 5.41) is 15.1. The van der Waals surface area contributed by atoms with Crippen LogP contribution in [0.5, 0.6) is 0 Å². The van der Waals surface area contributed by atoms with Crippen LogP contribution in [0.2, 0.25) is 10.0 Å². The van der Waals surface area contributed by atoms with E-state index >= 15 is 0 Å². The van der Waals surface area contributed by atoms with Gasteiger partial charge in [-0.1, -0.05) is 35.3 Å². The lowest BCUT2D eigenvalue weighted by molar-refractivity contribution is -0.385. The third kappa shape index (κ3) is 3.03. The van der Waals surface area contributed by atoms with Crippen LogP contribution in [0.15, 0.2) is 36.4 Å². The maximum absolute atomic E-state index is 11.0. The standard InChI is InChI=1S/C14H12Cl2N2O2/c1-9-11(15)4-2-6-13(9)17-8-10-12(16)5-3-7-14(10)18(19)20/h2-7,17H,8H2,1H3. The highest BCUT2D eigenvalue weighted by Crippen LogP contribution is 2.28. The molecule has 0 saturated carbocycles. The van der Waals surface area contributed by atoms with Gasteiger partial charge in [-0.25, -0.2) is 0 Å². The fourth-order valence-corrected chi connectivity index (χ4v) is 2.29. The molecule has 104 valence electrons. The molecule has 0 saturated heterocycles. The summed E-state index contributed by atoms with van der Waals surface area (Å²) < 4.78 is 0. The molecule has 0 aliphatic heterocycles. The molecule has 0 aliphatic carbocycles. The van der Waals surface area contributed by atoms with Crippen LogP contribution in [0, 0.1) is 17.0 Å². The van der Waals surface area contributed by atoms with Crippen LogP contribution in [0.3, 0.4) is 0 Å². The average molecular weight is 311 g/mol. The van der Waals surface area contributed by atoms with Crippen molar-refractivity contribution >= 4 is 34.6 Å². The Morgan fingerprint density at radius 2 is 1.80 bits per heavy atom. The molecule has 6 heteroatoms. The zero-order chi connectivity index (χ0) is 14.7. The van der Waals surface area contributed by atoms with Crippen molar-refractivity contribution in [3.05, 3.63) is 67.7 Å². The summed E-state index contributed by atoms with van der Waals surface area (Å²) in [6.45, 7) is 2.14. The Hall–Kier alpha value is -1.78. The molecule has 0 spiro atoms. The number of anilines is 1. The zero-order valence-corrected chi connectivity index (χ0v) is 12.2. The first kappa shape index (κ1) is 14.6. The van der Waals surface area contributed by atoms with E-state index in [1.54, 1.807) is 18.2 Å². The summed E-state index contributed by atoms with van der Waals surface area (Å²) in [4.78, 5) is 10.6. The maximum Gasteiger partial charge on any atom is 0.275 e. The molecule has 0 aromatic heterocycles. The monoisotopic (exact) mass is 310 g/mol. The zero-order valence-electron chi connectivity index (χ0n) is 10.7. The molecule has 20 heavy (non-hydrogen) atoms. The molecule has 0 aliphatic rings. The molecule has 0 atom stereocenters.